The van der Waals surface area contributed by atoms with Crippen LogP contribution < -0.4 is 20.5 Å². The molecule has 15 heteroatoms. The van der Waals surface area contributed by atoms with Crippen molar-refractivity contribution >= 4 is 57.3 Å². The van der Waals surface area contributed by atoms with Gasteiger partial charge in [-0.15, -0.1) is 11.8 Å². The maximum absolute atomic E-state index is 13.4. The molecular formula is C24H25N5O8S2. The summed E-state index contributed by atoms with van der Waals surface area (Å²) in [5.41, 5.74) is 4.65. The van der Waals surface area contributed by atoms with Crippen molar-refractivity contribution in [1.82, 2.24) is 10.2 Å². The number of nitrogens with zero attached hydrogens (tertiary/aromatic N) is 2. The Kier molecular flexibility index (Phi) is 7.18. The van der Waals surface area contributed by atoms with Crippen molar-refractivity contribution in [1.29, 1.82) is 0 Å². The van der Waals surface area contributed by atoms with E-state index in [1.54, 1.807) is 13.8 Å². The van der Waals surface area contributed by atoms with Crippen LogP contribution in [0, 0.1) is 0 Å². The quantitative estimate of drug-likeness (QED) is 0.307. The van der Waals surface area contributed by atoms with Gasteiger partial charge in [-0.05, 0) is 37.6 Å². The van der Waals surface area contributed by atoms with Gasteiger partial charge >= 0.3 is 16.2 Å². The predicted octanol–water partition coefficient (Wildman–Crippen LogP) is -0.190. The lowest BCUT2D eigenvalue weighted by atomic mass is 9.96. The molecule has 1 unspecified atom stereocenters. The number of β-lactam (4-membered cyclic amide) rings is 1. The summed E-state index contributed by atoms with van der Waals surface area (Å²) < 4.78 is 24.7. The number of carboxylic acids is 1. The highest BCUT2D eigenvalue weighted by Gasteiger charge is 2.64. The van der Waals surface area contributed by atoms with Gasteiger partial charge in [-0.2, -0.15) is 12.7 Å². The third-order valence-corrected chi connectivity index (χ3v) is 8.86. The minimum atomic E-state index is -4.75. The number of hydrogen-bond acceptors (Lipinski definition) is 8. The molecule has 2 aliphatic rings. The van der Waals surface area contributed by atoms with Crippen molar-refractivity contribution in [2.45, 2.75) is 42.5 Å². The number of carboxylic acid groups (broad SMARTS) is 1. The molecular weight excluding hydrogens is 550 g/mol. The van der Waals surface area contributed by atoms with Crippen LogP contribution in [0.5, 0.6) is 0 Å². The maximum atomic E-state index is 13.4. The topological polar surface area (TPSA) is 210 Å². The molecule has 39 heavy (non-hydrogen) atoms. The van der Waals surface area contributed by atoms with E-state index in [0.717, 1.165) is 0 Å². The number of rotatable bonds is 8. The molecule has 0 radical (unpaired) electrons. The largest absolute Gasteiger partial charge is 0.480 e. The van der Waals surface area contributed by atoms with E-state index in [9.17, 15) is 37.5 Å². The monoisotopic (exact) mass is 575 g/mol. The Hall–Kier alpha value is -3.95. The van der Waals surface area contributed by atoms with Gasteiger partial charge in [-0.25, -0.2) is 9.93 Å². The fourth-order valence-electron chi connectivity index (χ4n) is 4.76. The number of primary amides is 1. The molecule has 0 aliphatic carbocycles. The number of nitrogens with one attached hydrogen (secondary N) is 1. The first kappa shape index (κ1) is 28.1. The number of benzene rings is 2. The minimum Gasteiger partial charge on any atom is -0.480 e. The average molecular weight is 576 g/mol. The first-order chi connectivity index (χ1) is 18.1. The van der Waals surface area contributed by atoms with E-state index in [4.69, 9.17) is 10.9 Å². The first-order valence-electron chi connectivity index (χ1n) is 11.5. The van der Waals surface area contributed by atoms with Crippen LogP contribution in [0.25, 0.3) is 0 Å². The first-order valence-corrected chi connectivity index (χ1v) is 13.9. The molecule has 2 aliphatic heterocycles. The SMILES string of the molecule is CC1(C)S[C@@H]2C(NC(=O)Cc3ccccc3N(C(=O)c3ccccc3C(N)=O)S(N)(=O)=O)C(=O)N2[C@H]1C(=O)O. The molecule has 2 aromatic carbocycles. The fraction of sp³-hybridized carbons (Fsp3) is 0.292. The van der Waals surface area contributed by atoms with Gasteiger partial charge in [0, 0.05) is 4.75 Å². The number of hydrogen-bond donors (Lipinski definition) is 4. The predicted molar refractivity (Wildman–Crippen MR) is 141 cm³/mol. The van der Waals surface area contributed by atoms with Crippen LogP contribution in [0.15, 0.2) is 48.5 Å². The van der Waals surface area contributed by atoms with Crippen molar-refractivity contribution in [2.24, 2.45) is 10.9 Å². The fourth-order valence-corrected chi connectivity index (χ4v) is 7.16. The molecule has 0 spiro atoms. The van der Waals surface area contributed by atoms with Gasteiger partial charge in [0.15, 0.2) is 0 Å². The summed E-state index contributed by atoms with van der Waals surface area (Å²) in [5.74, 6) is -4.48. The van der Waals surface area contributed by atoms with Crippen LogP contribution in [0.4, 0.5) is 5.69 Å². The second kappa shape index (κ2) is 9.98. The normalized spacial score (nSPS) is 21.5. The molecule has 0 bridgehead atoms. The Morgan fingerprint density at radius 3 is 2.26 bits per heavy atom. The molecule has 4 rings (SSSR count). The van der Waals surface area contributed by atoms with Crippen molar-refractivity contribution in [3.8, 4) is 0 Å². The Bertz CT molecular complexity index is 1510. The molecule has 3 atom stereocenters. The number of aliphatic carboxylic acids is 1. The highest BCUT2D eigenvalue weighted by molar-refractivity contribution is 8.01. The Labute approximate surface area is 227 Å². The Morgan fingerprint density at radius 2 is 1.67 bits per heavy atom. The van der Waals surface area contributed by atoms with Gasteiger partial charge in [-0.3, -0.25) is 19.2 Å². The van der Waals surface area contributed by atoms with E-state index in [-0.39, 0.29) is 26.7 Å². The average Bonchev–Trinajstić information content (AvgIpc) is 3.10. The Balaban J connectivity index is 1.60. The summed E-state index contributed by atoms with van der Waals surface area (Å²) in [5, 5.41) is 17.0. The van der Waals surface area contributed by atoms with Crippen molar-refractivity contribution < 1.29 is 37.5 Å². The molecule has 0 aromatic heterocycles. The molecule has 0 saturated carbocycles. The van der Waals surface area contributed by atoms with Crippen LogP contribution in [0.3, 0.4) is 0 Å². The van der Waals surface area contributed by atoms with Gasteiger partial charge in [0.05, 0.1) is 23.2 Å². The summed E-state index contributed by atoms with van der Waals surface area (Å²) in [6.45, 7) is 3.40. The minimum absolute atomic E-state index is 0.0837. The summed E-state index contributed by atoms with van der Waals surface area (Å²) in [6, 6.07) is 8.92. The van der Waals surface area contributed by atoms with Crippen LogP contribution in [0.1, 0.15) is 40.1 Å². The van der Waals surface area contributed by atoms with Gasteiger partial charge in [0.25, 0.3) is 5.91 Å². The van der Waals surface area contributed by atoms with Crippen LogP contribution in [-0.4, -0.2) is 70.2 Å². The van der Waals surface area contributed by atoms with Crippen molar-refractivity contribution in [3.05, 3.63) is 65.2 Å². The summed E-state index contributed by atoms with van der Waals surface area (Å²) in [6.07, 6.45) is -0.445. The summed E-state index contributed by atoms with van der Waals surface area (Å²) in [7, 11) is -4.75. The van der Waals surface area contributed by atoms with E-state index >= 15 is 0 Å². The van der Waals surface area contributed by atoms with Gasteiger partial charge in [-0.1, -0.05) is 30.3 Å². The van der Waals surface area contributed by atoms with Gasteiger partial charge in [0.1, 0.15) is 17.5 Å². The zero-order valence-electron chi connectivity index (χ0n) is 20.7. The molecule has 2 saturated heterocycles. The maximum Gasteiger partial charge on any atom is 0.327 e. The molecule has 2 fully saturated rings. The van der Waals surface area contributed by atoms with Crippen LogP contribution >= 0.6 is 11.8 Å². The van der Waals surface area contributed by atoms with E-state index in [0.29, 0.717) is 0 Å². The lowest BCUT2D eigenvalue weighted by Crippen LogP contribution is -2.70. The lowest BCUT2D eigenvalue weighted by molar-refractivity contribution is -0.161. The molecule has 206 valence electrons. The highest BCUT2D eigenvalue weighted by Crippen LogP contribution is 2.50. The smallest absolute Gasteiger partial charge is 0.327 e. The van der Waals surface area contributed by atoms with Crippen LogP contribution in [-0.2, 0) is 31.0 Å². The number of anilines is 1. The second-order valence-corrected chi connectivity index (χ2v) is 12.6. The highest BCUT2D eigenvalue weighted by atomic mass is 32.2. The zero-order chi connectivity index (χ0) is 28.9. The van der Waals surface area contributed by atoms with E-state index in [1.165, 1.54) is 65.2 Å². The molecule has 2 aromatic rings. The molecule has 2 heterocycles. The van der Waals surface area contributed by atoms with Gasteiger partial charge in [0.2, 0.25) is 17.7 Å². The standard InChI is InChI=1S/C24H25N5O8S2/c1-24(2)18(23(34)35)28-21(33)17(22(28)38-24)27-16(30)11-12-7-3-6-10-15(12)29(39(26,36)37)20(32)14-9-5-4-8-13(14)19(25)31/h3-10,17-18,22H,11H2,1-2H3,(H2,25,31)(H,27,30)(H,34,35)(H2,26,36,37)/t17?,18-,22+/m0/s1. The molecule has 13 nitrogen and oxygen atoms in total. The number of thioether (sulfide) groups is 1. The number of para-hydroxylation sites is 1. The Morgan fingerprint density at radius 1 is 1.08 bits per heavy atom. The molecule has 4 amide bonds. The third kappa shape index (κ3) is 5.07. The van der Waals surface area contributed by atoms with E-state index < -0.39 is 68.4 Å². The number of amides is 4. The van der Waals surface area contributed by atoms with E-state index in [1.807, 2.05) is 0 Å². The zero-order valence-corrected chi connectivity index (χ0v) is 22.4. The lowest BCUT2D eigenvalue weighted by Gasteiger charge is -2.43. The van der Waals surface area contributed by atoms with Gasteiger partial charge < -0.3 is 21.1 Å². The number of fused-ring (bicyclic) bond motifs is 1. The second-order valence-electron chi connectivity index (χ2n) is 9.47. The third-order valence-electron chi connectivity index (χ3n) is 6.41. The number of carbonyl (C=O) groups excluding carboxylic acids is 4. The van der Waals surface area contributed by atoms with Crippen molar-refractivity contribution in [2.75, 3.05) is 4.31 Å². The van der Waals surface area contributed by atoms with E-state index in [2.05, 4.69) is 5.32 Å². The number of carbonyl (C=O) groups is 5. The molecule has 6 N–H and O–H groups in total. The summed E-state index contributed by atoms with van der Waals surface area (Å²) >= 11 is 1.25. The van der Waals surface area contributed by atoms with Crippen LogP contribution in [0.2, 0.25) is 0 Å². The van der Waals surface area contributed by atoms with Crippen molar-refractivity contribution in [3.63, 3.8) is 0 Å². The number of nitrogens with two attached hydrogens (primary N) is 2. The summed E-state index contributed by atoms with van der Waals surface area (Å²) in [4.78, 5) is 63.8.